The minimum Gasteiger partial charge on any atom is -0.338 e. The van der Waals surface area contributed by atoms with Crippen molar-refractivity contribution in [3.8, 4) is 0 Å². The molecule has 6 nitrogen and oxygen atoms in total. The number of nitrogens with zero attached hydrogens (tertiary/aromatic N) is 5. The quantitative estimate of drug-likeness (QED) is 0.862. The van der Waals surface area contributed by atoms with E-state index in [0.717, 1.165) is 24.1 Å². The van der Waals surface area contributed by atoms with Crippen LogP contribution in [0.5, 0.6) is 0 Å². The second kappa shape index (κ2) is 5.92. The molecule has 3 heterocycles. The Balaban J connectivity index is 1.34. The molecule has 2 aromatic rings. The fourth-order valence-corrected chi connectivity index (χ4v) is 3.73. The number of fused-ring (bicyclic) bond motifs is 1. The second-order valence-corrected chi connectivity index (χ2v) is 6.75. The Morgan fingerprint density at radius 2 is 1.87 bits per heavy atom. The monoisotopic (exact) mass is 313 g/mol. The van der Waals surface area contributed by atoms with Crippen LogP contribution in [0.1, 0.15) is 26.2 Å². The zero-order valence-corrected chi connectivity index (χ0v) is 13.6. The zero-order chi connectivity index (χ0) is 15.8. The number of hydrogen-bond acceptors (Lipinski definition) is 4. The number of benzene rings is 1. The molecule has 0 spiro atoms. The van der Waals surface area contributed by atoms with Gasteiger partial charge in [-0.05, 0) is 38.4 Å². The van der Waals surface area contributed by atoms with Gasteiger partial charge in [-0.3, -0.25) is 9.69 Å². The molecular formula is C17H23N5O. The first-order valence-corrected chi connectivity index (χ1v) is 8.54. The highest BCUT2D eigenvalue weighted by Gasteiger charge is 2.37. The fraction of sp³-hybridized carbons (Fsp3) is 0.588. The van der Waals surface area contributed by atoms with Gasteiger partial charge in [0.05, 0.1) is 0 Å². The Morgan fingerprint density at radius 3 is 2.52 bits per heavy atom. The third kappa shape index (κ3) is 2.83. The molecule has 23 heavy (non-hydrogen) atoms. The summed E-state index contributed by atoms with van der Waals surface area (Å²) in [5.74, 6) is 0.117. The van der Waals surface area contributed by atoms with E-state index in [9.17, 15) is 4.79 Å². The van der Waals surface area contributed by atoms with E-state index < -0.39 is 0 Å². The van der Waals surface area contributed by atoms with Crippen molar-refractivity contribution in [1.29, 1.82) is 0 Å². The van der Waals surface area contributed by atoms with Crippen molar-refractivity contribution < 1.29 is 4.79 Å². The molecule has 122 valence electrons. The minimum atomic E-state index is 0.117. The van der Waals surface area contributed by atoms with E-state index in [2.05, 4.69) is 22.0 Å². The molecule has 0 bridgehead atoms. The third-order valence-electron chi connectivity index (χ3n) is 5.14. The molecule has 0 N–H and O–H groups in total. The van der Waals surface area contributed by atoms with Gasteiger partial charge < -0.3 is 4.90 Å². The predicted octanol–water partition coefficient (Wildman–Crippen LogP) is 1.52. The first kappa shape index (κ1) is 14.6. The van der Waals surface area contributed by atoms with Crippen molar-refractivity contribution in [3.63, 3.8) is 0 Å². The zero-order valence-electron chi connectivity index (χ0n) is 13.6. The van der Waals surface area contributed by atoms with Crippen molar-refractivity contribution in [2.45, 2.75) is 44.8 Å². The lowest BCUT2D eigenvalue weighted by molar-refractivity contribution is -0.140. The summed E-state index contributed by atoms with van der Waals surface area (Å²) in [6, 6.07) is 8.90. The molecule has 1 atom stereocenters. The molecule has 0 saturated carbocycles. The van der Waals surface area contributed by atoms with E-state index in [1.165, 1.54) is 30.6 Å². The highest BCUT2D eigenvalue weighted by Crippen LogP contribution is 2.24. The second-order valence-electron chi connectivity index (χ2n) is 6.75. The van der Waals surface area contributed by atoms with Crippen LogP contribution in [0.25, 0.3) is 11.0 Å². The lowest BCUT2D eigenvalue weighted by Gasteiger charge is -2.49. The predicted molar refractivity (Wildman–Crippen MR) is 87.9 cm³/mol. The summed E-state index contributed by atoms with van der Waals surface area (Å²) in [6.45, 7) is 5.42. The van der Waals surface area contributed by atoms with Gasteiger partial charge >= 0.3 is 0 Å². The molecule has 2 fully saturated rings. The van der Waals surface area contributed by atoms with Crippen LogP contribution in [0.15, 0.2) is 24.3 Å². The molecule has 2 aliphatic rings. The maximum absolute atomic E-state index is 12.4. The van der Waals surface area contributed by atoms with E-state index in [0.29, 0.717) is 12.1 Å². The number of rotatable bonds is 3. The molecular weight excluding hydrogens is 290 g/mol. The van der Waals surface area contributed by atoms with Crippen LogP contribution in [-0.2, 0) is 11.3 Å². The van der Waals surface area contributed by atoms with Crippen LogP contribution in [-0.4, -0.2) is 62.4 Å². The van der Waals surface area contributed by atoms with Gasteiger partial charge in [0, 0.05) is 25.2 Å². The van der Waals surface area contributed by atoms with Crippen LogP contribution < -0.4 is 0 Å². The van der Waals surface area contributed by atoms with E-state index >= 15 is 0 Å². The molecule has 1 aromatic carbocycles. The molecule has 6 heteroatoms. The number of hydrogen-bond donors (Lipinski definition) is 0. The van der Waals surface area contributed by atoms with Gasteiger partial charge in [0.2, 0.25) is 5.91 Å². The largest absolute Gasteiger partial charge is 0.338 e. The summed E-state index contributed by atoms with van der Waals surface area (Å²) in [6.07, 6.45) is 3.92. The Labute approximate surface area is 136 Å². The van der Waals surface area contributed by atoms with Crippen molar-refractivity contribution in [3.05, 3.63) is 24.3 Å². The molecule has 1 amide bonds. The number of piperidine rings is 1. The van der Waals surface area contributed by atoms with E-state index in [1.807, 2.05) is 29.2 Å². The van der Waals surface area contributed by atoms with Crippen LogP contribution in [0.3, 0.4) is 0 Å². The minimum absolute atomic E-state index is 0.117. The summed E-state index contributed by atoms with van der Waals surface area (Å²) in [7, 11) is 0. The van der Waals surface area contributed by atoms with Gasteiger partial charge in [-0.1, -0.05) is 18.6 Å². The van der Waals surface area contributed by atoms with E-state index in [1.54, 1.807) is 0 Å². The molecule has 1 aromatic heterocycles. The number of carbonyl (C=O) groups is 1. The summed E-state index contributed by atoms with van der Waals surface area (Å²) in [5.41, 5.74) is 1.67. The maximum atomic E-state index is 12.4. The van der Waals surface area contributed by atoms with Gasteiger partial charge in [0.15, 0.2) is 0 Å². The Bertz CT molecular complexity index is 673. The van der Waals surface area contributed by atoms with Crippen molar-refractivity contribution in [1.82, 2.24) is 24.8 Å². The topological polar surface area (TPSA) is 54.3 Å². The first-order chi connectivity index (χ1) is 11.2. The smallest absolute Gasteiger partial charge is 0.246 e. The first-order valence-electron chi connectivity index (χ1n) is 8.54. The molecule has 2 saturated heterocycles. The molecule has 2 aliphatic heterocycles. The van der Waals surface area contributed by atoms with Gasteiger partial charge in [-0.25, -0.2) is 0 Å². The van der Waals surface area contributed by atoms with Gasteiger partial charge in [0.25, 0.3) is 0 Å². The number of amides is 1. The number of likely N-dealkylation sites (tertiary alicyclic amines) is 2. The highest BCUT2D eigenvalue weighted by atomic mass is 16.2. The Morgan fingerprint density at radius 1 is 1.17 bits per heavy atom. The average Bonchev–Trinajstić information content (AvgIpc) is 2.89. The Hall–Kier alpha value is -1.95. The SMILES string of the molecule is C[C@@H]1CCCCN1C1CN(C(=O)Cn2nc3ccccc3n2)C1. The number of aromatic nitrogens is 3. The average molecular weight is 313 g/mol. The number of carbonyl (C=O) groups excluding carboxylic acids is 1. The molecule has 0 aliphatic carbocycles. The summed E-state index contributed by atoms with van der Waals surface area (Å²) in [4.78, 5) is 18.4. The van der Waals surface area contributed by atoms with E-state index in [4.69, 9.17) is 0 Å². The summed E-state index contributed by atoms with van der Waals surface area (Å²) < 4.78 is 0. The highest BCUT2D eigenvalue weighted by molar-refractivity contribution is 5.78. The lowest BCUT2D eigenvalue weighted by atomic mass is 9.97. The third-order valence-corrected chi connectivity index (χ3v) is 5.14. The Kier molecular flexibility index (Phi) is 3.77. The molecule has 4 rings (SSSR count). The van der Waals surface area contributed by atoms with Gasteiger partial charge in [0.1, 0.15) is 17.6 Å². The van der Waals surface area contributed by atoms with E-state index in [-0.39, 0.29) is 12.5 Å². The van der Waals surface area contributed by atoms with Crippen molar-refractivity contribution in [2.24, 2.45) is 0 Å². The van der Waals surface area contributed by atoms with Gasteiger partial charge in [-0.15, -0.1) is 0 Å². The van der Waals surface area contributed by atoms with Crippen LogP contribution >= 0.6 is 0 Å². The molecule has 0 unspecified atom stereocenters. The van der Waals surface area contributed by atoms with Crippen molar-refractivity contribution >= 4 is 16.9 Å². The van der Waals surface area contributed by atoms with Crippen molar-refractivity contribution in [2.75, 3.05) is 19.6 Å². The fourth-order valence-electron chi connectivity index (χ4n) is 3.73. The lowest BCUT2D eigenvalue weighted by Crippen LogP contribution is -2.64. The van der Waals surface area contributed by atoms with Crippen LogP contribution in [0.4, 0.5) is 0 Å². The van der Waals surface area contributed by atoms with Crippen LogP contribution in [0.2, 0.25) is 0 Å². The van der Waals surface area contributed by atoms with Gasteiger partial charge in [-0.2, -0.15) is 15.0 Å². The maximum Gasteiger partial charge on any atom is 0.246 e. The standard InChI is InChI=1S/C17H23N5O/c1-13-6-4-5-9-21(13)14-10-20(11-14)17(23)12-22-18-15-7-2-3-8-16(15)19-22/h2-3,7-8,13-14H,4-6,9-12H2,1H3/t13-/m1/s1. The normalized spacial score (nSPS) is 23.2. The van der Waals surface area contributed by atoms with Crippen LogP contribution in [0, 0.1) is 0 Å². The molecule has 0 radical (unpaired) electrons. The summed E-state index contributed by atoms with van der Waals surface area (Å²) in [5, 5.41) is 8.72. The summed E-state index contributed by atoms with van der Waals surface area (Å²) >= 11 is 0.